The lowest BCUT2D eigenvalue weighted by Gasteiger charge is -2.16. The van der Waals surface area contributed by atoms with Crippen LogP contribution in [0.25, 0.3) is 11.3 Å². The number of nitrogen functional groups attached to an aromatic ring is 1. The number of aromatic nitrogens is 2. The Morgan fingerprint density at radius 3 is 2.97 bits per heavy atom. The number of benzene rings is 2. The molecule has 3 aromatic rings. The van der Waals surface area contributed by atoms with E-state index in [0.29, 0.717) is 24.0 Å². The minimum Gasteiger partial charge on any atom is -0.491 e. The maximum atomic E-state index is 6.09. The summed E-state index contributed by atoms with van der Waals surface area (Å²) < 4.78 is 5.91. The number of likely N-dealkylation sites (N-methyl/N-ethyl adjacent to an activating group) is 1. The van der Waals surface area contributed by atoms with Crippen LogP contribution in [-0.2, 0) is 6.54 Å². The maximum absolute atomic E-state index is 6.09. The molecule has 0 unspecified atom stereocenters. The Bertz CT molecular complexity index is 1020. The minimum absolute atomic E-state index is 0.552. The average molecular weight is 387 g/mol. The van der Waals surface area contributed by atoms with Gasteiger partial charge in [0.2, 0.25) is 5.95 Å². The normalized spacial score (nSPS) is 16.0. The smallest absolute Gasteiger partial charge is 0.227 e. The molecule has 0 fully saturated rings. The van der Waals surface area contributed by atoms with Gasteiger partial charge in [0.15, 0.2) is 0 Å². The van der Waals surface area contributed by atoms with Crippen LogP contribution in [0.2, 0.25) is 0 Å². The van der Waals surface area contributed by atoms with Crippen LogP contribution >= 0.6 is 0 Å². The first-order valence-electron chi connectivity index (χ1n) is 9.72. The molecule has 6 bridgehead atoms. The van der Waals surface area contributed by atoms with Crippen LogP contribution in [0.1, 0.15) is 12.0 Å². The largest absolute Gasteiger partial charge is 0.491 e. The molecule has 0 atom stereocenters. The van der Waals surface area contributed by atoms with Crippen molar-refractivity contribution < 1.29 is 4.74 Å². The van der Waals surface area contributed by atoms with E-state index in [1.165, 1.54) is 5.56 Å². The van der Waals surface area contributed by atoms with Crippen LogP contribution in [0.4, 0.5) is 17.3 Å². The van der Waals surface area contributed by atoms with Crippen molar-refractivity contribution in [3.63, 3.8) is 0 Å². The van der Waals surface area contributed by atoms with Gasteiger partial charge in [0.1, 0.15) is 5.75 Å². The van der Waals surface area contributed by atoms with Crippen molar-refractivity contribution in [1.29, 1.82) is 0 Å². The highest BCUT2D eigenvalue weighted by molar-refractivity contribution is 5.68. The standard InChI is InChI=1S/C23H25N5O/c1-28-12-3-2-4-13-29-22-15-18(8-9-20(22)24)21-10-11-25-23(27-21)26-19-7-5-6-17(14-19)16-28/h2-3,5-11,14-15H,4,12-13,16,24H2,1H3,(H,25,26,27)/b3-2+. The first kappa shape index (κ1) is 19.0. The third kappa shape index (κ3) is 4.92. The number of nitrogens with zero attached hydrogens (tertiary/aromatic N) is 3. The molecule has 0 saturated carbocycles. The summed E-state index contributed by atoms with van der Waals surface area (Å²) in [5.41, 5.74) is 10.7. The molecule has 29 heavy (non-hydrogen) atoms. The molecule has 0 aliphatic carbocycles. The molecular formula is C23H25N5O. The molecule has 2 aromatic carbocycles. The molecule has 0 saturated heterocycles. The van der Waals surface area contributed by atoms with E-state index in [1.807, 2.05) is 36.4 Å². The number of nitrogens with two attached hydrogens (primary N) is 1. The van der Waals surface area contributed by atoms with Gasteiger partial charge in [0.05, 0.1) is 18.0 Å². The van der Waals surface area contributed by atoms with Gasteiger partial charge in [-0.05, 0) is 49.4 Å². The van der Waals surface area contributed by atoms with Crippen molar-refractivity contribution in [2.24, 2.45) is 0 Å². The lowest BCUT2D eigenvalue weighted by Crippen LogP contribution is -2.17. The van der Waals surface area contributed by atoms with Gasteiger partial charge in [0.25, 0.3) is 0 Å². The topological polar surface area (TPSA) is 76.3 Å². The zero-order chi connectivity index (χ0) is 20.1. The summed E-state index contributed by atoms with van der Waals surface area (Å²) in [4.78, 5) is 11.3. The Labute approximate surface area is 171 Å². The lowest BCUT2D eigenvalue weighted by atomic mass is 10.1. The maximum Gasteiger partial charge on any atom is 0.227 e. The molecule has 1 aliphatic heterocycles. The van der Waals surface area contributed by atoms with Gasteiger partial charge in [-0.15, -0.1) is 0 Å². The zero-order valence-electron chi connectivity index (χ0n) is 16.5. The third-order valence-corrected chi connectivity index (χ3v) is 4.73. The van der Waals surface area contributed by atoms with E-state index in [2.05, 4.69) is 51.5 Å². The summed E-state index contributed by atoms with van der Waals surface area (Å²) in [5.74, 6) is 1.23. The molecule has 0 radical (unpaired) electrons. The first-order chi connectivity index (χ1) is 14.2. The van der Waals surface area contributed by atoms with Crippen LogP contribution in [0.15, 0.2) is 66.9 Å². The predicted molar refractivity (Wildman–Crippen MR) is 117 cm³/mol. The molecule has 148 valence electrons. The third-order valence-electron chi connectivity index (χ3n) is 4.73. The molecule has 6 heteroatoms. The second-order valence-corrected chi connectivity index (χ2v) is 7.15. The second kappa shape index (κ2) is 8.75. The van der Waals surface area contributed by atoms with Gasteiger partial charge in [-0.25, -0.2) is 9.97 Å². The van der Waals surface area contributed by atoms with E-state index in [4.69, 9.17) is 10.5 Å². The number of fused-ring (bicyclic) bond motifs is 7. The molecule has 0 spiro atoms. The van der Waals surface area contributed by atoms with Crippen molar-refractivity contribution in [3.8, 4) is 17.0 Å². The summed E-state index contributed by atoms with van der Waals surface area (Å²) in [7, 11) is 2.11. The fourth-order valence-electron chi connectivity index (χ4n) is 3.26. The van der Waals surface area contributed by atoms with E-state index in [-0.39, 0.29) is 0 Å². The SMILES string of the molecule is CN1C/C=C/CCOc2cc(ccc2N)-c2ccnc(n2)Nc2cccc(c2)C1. The highest BCUT2D eigenvalue weighted by Gasteiger charge is 2.08. The van der Waals surface area contributed by atoms with Crippen molar-refractivity contribution in [1.82, 2.24) is 14.9 Å². The Balaban J connectivity index is 1.69. The highest BCUT2D eigenvalue weighted by atomic mass is 16.5. The Morgan fingerprint density at radius 1 is 1.10 bits per heavy atom. The van der Waals surface area contributed by atoms with Gasteiger partial charge in [0, 0.05) is 30.5 Å². The summed E-state index contributed by atoms with van der Waals surface area (Å²) in [6, 6.07) is 15.9. The summed E-state index contributed by atoms with van der Waals surface area (Å²) in [6.07, 6.45) is 6.90. The fourth-order valence-corrected chi connectivity index (χ4v) is 3.26. The number of rotatable bonds is 0. The summed E-state index contributed by atoms with van der Waals surface area (Å²) in [5, 5.41) is 3.31. The number of hydrogen-bond donors (Lipinski definition) is 2. The van der Waals surface area contributed by atoms with E-state index in [0.717, 1.165) is 36.5 Å². The van der Waals surface area contributed by atoms with Crippen LogP contribution in [-0.4, -0.2) is 35.1 Å². The van der Waals surface area contributed by atoms with Gasteiger partial charge in [-0.3, -0.25) is 4.90 Å². The monoisotopic (exact) mass is 387 g/mol. The van der Waals surface area contributed by atoms with E-state index < -0.39 is 0 Å². The lowest BCUT2D eigenvalue weighted by molar-refractivity contribution is 0.326. The number of nitrogens with one attached hydrogen (secondary N) is 1. The van der Waals surface area contributed by atoms with Crippen molar-refractivity contribution in [2.75, 3.05) is 31.2 Å². The molecular weight excluding hydrogens is 362 g/mol. The van der Waals surface area contributed by atoms with Gasteiger partial charge >= 0.3 is 0 Å². The van der Waals surface area contributed by atoms with E-state index in [9.17, 15) is 0 Å². The molecule has 4 rings (SSSR count). The Morgan fingerprint density at radius 2 is 2.03 bits per heavy atom. The van der Waals surface area contributed by atoms with Crippen LogP contribution in [0.5, 0.6) is 5.75 Å². The van der Waals surface area contributed by atoms with E-state index in [1.54, 1.807) is 6.20 Å². The van der Waals surface area contributed by atoms with Crippen molar-refractivity contribution in [3.05, 3.63) is 72.4 Å². The first-order valence-corrected chi connectivity index (χ1v) is 9.72. The second-order valence-electron chi connectivity index (χ2n) is 7.15. The van der Waals surface area contributed by atoms with E-state index >= 15 is 0 Å². The molecule has 0 amide bonds. The van der Waals surface area contributed by atoms with Crippen LogP contribution in [0.3, 0.4) is 0 Å². The van der Waals surface area contributed by atoms with Crippen molar-refractivity contribution >= 4 is 17.3 Å². The predicted octanol–water partition coefficient (Wildman–Crippen LogP) is 4.24. The molecule has 3 N–H and O–H groups in total. The van der Waals surface area contributed by atoms with Crippen LogP contribution in [0, 0.1) is 0 Å². The molecule has 1 aliphatic rings. The number of ether oxygens (including phenoxy) is 1. The number of hydrogen-bond acceptors (Lipinski definition) is 6. The van der Waals surface area contributed by atoms with Crippen LogP contribution < -0.4 is 15.8 Å². The van der Waals surface area contributed by atoms with Crippen molar-refractivity contribution in [2.45, 2.75) is 13.0 Å². The van der Waals surface area contributed by atoms with Gasteiger partial charge in [-0.1, -0.05) is 30.4 Å². The quantitative estimate of drug-likeness (QED) is 0.444. The van der Waals surface area contributed by atoms with Gasteiger partial charge in [-0.2, -0.15) is 0 Å². The van der Waals surface area contributed by atoms with Gasteiger partial charge < -0.3 is 15.8 Å². The average Bonchev–Trinajstić information content (AvgIpc) is 2.71. The minimum atomic E-state index is 0.552. The highest BCUT2D eigenvalue weighted by Crippen LogP contribution is 2.29. The molecule has 1 aromatic heterocycles. The Kier molecular flexibility index (Phi) is 5.72. The summed E-state index contributed by atoms with van der Waals surface area (Å²) in [6.45, 7) is 2.31. The fraction of sp³-hybridized carbons (Fsp3) is 0.217. The summed E-state index contributed by atoms with van der Waals surface area (Å²) >= 11 is 0. The zero-order valence-corrected chi connectivity index (χ0v) is 16.5. The molecule has 6 nitrogen and oxygen atoms in total. The number of anilines is 3. The Hall–Kier alpha value is -3.38. The molecule has 2 heterocycles.